The average Bonchev–Trinajstić information content (AvgIpc) is 2.58. The van der Waals surface area contributed by atoms with Crippen molar-refractivity contribution in [3.8, 4) is 0 Å². The van der Waals surface area contributed by atoms with E-state index >= 15 is 0 Å². The van der Waals surface area contributed by atoms with Gasteiger partial charge in [0.25, 0.3) is 0 Å². The van der Waals surface area contributed by atoms with E-state index in [0.717, 1.165) is 5.69 Å². The third-order valence-electron chi connectivity index (χ3n) is 1.88. The predicted molar refractivity (Wildman–Crippen MR) is 48.4 cm³/mol. The number of aromatic nitrogens is 3. The number of hydrogen-bond acceptors (Lipinski definition) is 5. The lowest BCUT2D eigenvalue weighted by atomic mass is 10.3. The maximum Gasteiger partial charge on any atom is 0.114 e. The number of aryl methyl sites for hydroxylation is 1. The van der Waals surface area contributed by atoms with E-state index in [2.05, 4.69) is 10.3 Å². The normalized spacial score (nSPS) is 10.8. The minimum absolute atomic E-state index is 0.112. The number of aliphatic hydroxyl groups is 2. The molecule has 0 unspecified atom stereocenters. The summed E-state index contributed by atoms with van der Waals surface area (Å²) in [4.78, 5) is 0. The SMILES string of the molecule is COCc1c(CO)nnn1CCCO. The van der Waals surface area contributed by atoms with E-state index in [1.165, 1.54) is 0 Å². The van der Waals surface area contributed by atoms with Gasteiger partial charge in [-0.2, -0.15) is 0 Å². The van der Waals surface area contributed by atoms with Crippen LogP contribution in [0.4, 0.5) is 0 Å². The summed E-state index contributed by atoms with van der Waals surface area (Å²) in [6.45, 7) is 0.926. The summed E-state index contributed by atoms with van der Waals surface area (Å²) in [6, 6.07) is 0. The Kier molecular flexibility index (Phi) is 4.51. The molecule has 0 aliphatic carbocycles. The zero-order chi connectivity index (χ0) is 10.4. The molecule has 1 aromatic heterocycles. The van der Waals surface area contributed by atoms with Gasteiger partial charge >= 0.3 is 0 Å². The Labute approximate surface area is 82.1 Å². The van der Waals surface area contributed by atoms with Crippen LogP contribution in [-0.2, 0) is 24.5 Å². The second kappa shape index (κ2) is 5.69. The van der Waals surface area contributed by atoms with Crippen molar-refractivity contribution >= 4 is 0 Å². The molecule has 0 spiro atoms. The molecular formula is C8H15N3O3. The highest BCUT2D eigenvalue weighted by Gasteiger charge is 2.10. The van der Waals surface area contributed by atoms with Gasteiger partial charge in [0.05, 0.1) is 18.9 Å². The molecule has 1 heterocycles. The lowest BCUT2D eigenvalue weighted by molar-refractivity contribution is 0.171. The maximum atomic E-state index is 8.96. The molecular weight excluding hydrogens is 186 g/mol. The molecule has 14 heavy (non-hydrogen) atoms. The van der Waals surface area contributed by atoms with Crippen LogP contribution in [0.1, 0.15) is 17.8 Å². The summed E-state index contributed by atoms with van der Waals surface area (Å²) >= 11 is 0. The number of ether oxygens (including phenoxy) is 1. The van der Waals surface area contributed by atoms with Gasteiger partial charge in [-0.1, -0.05) is 5.21 Å². The maximum absolute atomic E-state index is 8.96. The van der Waals surface area contributed by atoms with Gasteiger partial charge in [0.1, 0.15) is 5.69 Å². The lowest BCUT2D eigenvalue weighted by Gasteiger charge is -2.05. The Balaban J connectivity index is 2.75. The highest BCUT2D eigenvalue weighted by atomic mass is 16.5. The first-order valence-corrected chi connectivity index (χ1v) is 4.45. The number of methoxy groups -OCH3 is 1. The summed E-state index contributed by atoms with van der Waals surface area (Å²) in [6.07, 6.45) is 0.616. The largest absolute Gasteiger partial charge is 0.396 e. The first-order valence-electron chi connectivity index (χ1n) is 4.45. The van der Waals surface area contributed by atoms with Gasteiger partial charge in [-0.25, -0.2) is 4.68 Å². The van der Waals surface area contributed by atoms with E-state index in [1.54, 1.807) is 11.8 Å². The Morgan fingerprint density at radius 1 is 1.43 bits per heavy atom. The Bertz CT molecular complexity index is 275. The third kappa shape index (κ3) is 2.50. The van der Waals surface area contributed by atoms with E-state index in [0.29, 0.717) is 25.3 Å². The highest BCUT2D eigenvalue weighted by Crippen LogP contribution is 2.07. The molecule has 0 amide bonds. The summed E-state index contributed by atoms with van der Waals surface area (Å²) in [5.41, 5.74) is 1.30. The molecule has 0 radical (unpaired) electrons. The first kappa shape index (κ1) is 11.1. The molecule has 1 aromatic rings. The summed E-state index contributed by atoms with van der Waals surface area (Å²) < 4.78 is 6.62. The molecule has 6 nitrogen and oxygen atoms in total. The second-order valence-corrected chi connectivity index (χ2v) is 2.87. The molecule has 0 fully saturated rings. The van der Waals surface area contributed by atoms with Crippen molar-refractivity contribution in [2.75, 3.05) is 13.7 Å². The van der Waals surface area contributed by atoms with Crippen LogP contribution in [0.5, 0.6) is 0 Å². The molecule has 0 bridgehead atoms. The number of aliphatic hydroxyl groups excluding tert-OH is 2. The summed E-state index contributed by atoms with van der Waals surface area (Å²) in [7, 11) is 1.57. The molecule has 80 valence electrons. The molecule has 0 atom stereocenters. The van der Waals surface area contributed by atoms with Gasteiger partial charge < -0.3 is 14.9 Å². The molecule has 0 saturated carbocycles. The van der Waals surface area contributed by atoms with E-state index in [-0.39, 0.29) is 13.2 Å². The van der Waals surface area contributed by atoms with Crippen molar-refractivity contribution in [2.45, 2.75) is 26.2 Å². The standard InChI is InChI=1S/C8H15N3O3/c1-14-6-8-7(5-13)9-10-11(8)3-2-4-12/h12-13H,2-6H2,1H3. The lowest BCUT2D eigenvalue weighted by Crippen LogP contribution is -2.08. The zero-order valence-corrected chi connectivity index (χ0v) is 8.18. The predicted octanol–water partition coefficient (Wildman–Crippen LogP) is -0.701. The fourth-order valence-electron chi connectivity index (χ4n) is 1.19. The molecule has 1 rings (SSSR count). The number of hydrogen-bond donors (Lipinski definition) is 2. The van der Waals surface area contributed by atoms with Crippen molar-refractivity contribution in [1.29, 1.82) is 0 Å². The quantitative estimate of drug-likeness (QED) is 0.636. The van der Waals surface area contributed by atoms with Crippen molar-refractivity contribution < 1.29 is 14.9 Å². The van der Waals surface area contributed by atoms with Gasteiger partial charge in [0.15, 0.2) is 0 Å². The first-order chi connectivity index (χ1) is 6.83. The van der Waals surface area contributed by atoms with Crippen LogP contribution in [0.25, 0.3) is 0 Å². The Morgan fingerprint density at radius 3 is 2.79 bits per heavy atom. The van der Waals surface area contributed by atoms with Crippen LogP contribution in [0.3, 0.4) is 0 Å². The monoisotopic (exact) mass is 201 g/mol. The fourth-order valence-corrected chi connectivity index (χ4v) is 1.19. The Hall–Kier alpha value is -0.980. The number of rotatable bonds is 6. The van der Waals surface area contributed by atoms with Gasteiger partial charge in [-0.15, -0.1) is 5.10 Å². The number of nitrogens with zero attached hydrogens (tertiary/aromatic N) is 3. The summed E-state index contributed by atoms with van der Waals surface area (Å²) in [5.74, 6) is 0. The van der Waals surface area contributed by atoms with Crippen LogP contribution in [-0.4, -0.2) is 38.9 Å². The second-order valence-electron chi connectivity index (χ2n) is 2.87. The van der Waals surface area contributed by atoms with Gasteiger partial charge in [0.2, 0.25) is 0 Å². The zero-order valence-electron chi connectivity index (χ0n) is 8.18. The fraction of sp³-hybridized carbons (Fsp3) is 0.750. The molecule has 0 saturated heterocycles. The van der Waals surface area contributed by atoms with Gasteiger partial charge in [-0.3, -0.25) is 0 Å². The van der Waals surface area contributed by atoms with Crippen molar-refractivity contribution in [3.63, 3.8) is 0 Å². The van der Waals surface area contributed by atoms with Gasteiger partial charge in [-0.05, 0) is 6.42 Å². The minimum Gasteiger partial charge on any atom is -0.396 e. The molecule has 6 heteroatoms. The minimum atomic E-state index is -0.141. The smallest absolute Gasteiger partial charge is 0.114 e. The Morgan fingerprint density at radius 2 is 2.21 bits per heavy atom. The van der Waals surface area contributed by atoms with Crippen LogP contribution in [0.15, 0.2) is 0 Å². The van der Waals surface area contributed by atoms with Crippen molar-refractivity contribution in [2.24, 2.45) is 0 Å². The van der Waals surface area contributed by atoms with Crippen molar-refractivity contribution in [3.05, 3.63) is 11.4 Å². The topological polar surface area (TPSA) is 80.4 Å². The third-order valence-corrected chi connectivity index (χ3v) is 1.88. The average molecular weight is 201 g/mol. The van der Waals surface area contributed by atoms with Crippen LogP contribution < -0.4 is 0 Å². The highest BCUT2D eigenvalue weighted by molar-refractivity contribution is 5.07. The van der Waals surface area contributed by atoms with E-state index in [9.17, 15) is 0 Å². The van der Waals surface area contributed by atoms with E-state index < -0.39 is 0 Å². The van der Waals surface area contributed by atoms with Crippen LogP contribution in [0.2, 0.25) is 0 Å². The molecule has 0 aliphatic rings. The van der Waals surface area contributed by atoms with Gasteiger partial charge in [0, 0.05) is 20.3 Å². The molecule has 0 aromatic carbocycles. The summed E-state index contributed by atoms with van der Waals surface area (Å²) in [5, 5.41) is 25.3. The van der Waals surface area contributed by atoms with E-state index in [4.69, 9.17) is 14.9 Å². The van der Waals surface area contributed by atoms with E-state index in [1.807, 2.05) is 0 Å². The molecule has 0 aliphatic heterocycles. The molecule has 2 N–H and O–H groups in total. The van der Waals surface area contributed by atoms with Crippen LogP contribution >= 0.6 is 0 Å². The van der Waals surface area contributed by atoms with Crippen molar-refractivity contribution in [1.82, 2.24) is 15.0 Å². The van der Waals surface area contributed by atoms with Crippen LogP contribution in [0, 0.1) is 0 Å².